The number of fused-ring (bicyclic) bond motifs is 3. The normalized spacial score (nSPS) is 15.4. The Morgan fingerprint density at radius 3 is 2.85 bits per heavy atom. The van der Waals surface area contributed by atoms with Crippen LogP contribution >= 0.6 is 0 Å². The molecule has 2 heterocycles. The predicted octanol–water partition coefficient (Wildman–Crippen LogP) is 2.79. The van der Waals surface area contributed by atoms with Crippen molar-refractivity contribution in [2.24, 2.45) is 0 Å². The maximum Gasteiger partial charge on any atom is 0.222 e. The summed E-state index contributed by atoms with van der Waals surface area (Å²) in [5.74, 6) is 1.83. The Balaban J connectivity index is 1.97. The van der Waals surface area contributed by atoms with Crippen molar-refractivity contribution in [2.45, 2.75) is 19.1 Å². The van der Waals surface area contributed by atoms with Gasteiger partial charge in [0.15, 0.2) is 11.3 Å². The summed E-state index contributed by atoms with van der Waals surface area (Å²) < 4.78 is 16.8. The number of nitrogen functional groups attached to an aromatic ring is 2. The number of nitrogens with two attached hydrogens (primary N) is 2. The summed E-state index contributed by atoms with van der Waals surface area (Å²) in [6, 6.07) is 3.40. The minimum absolute atomic E-state index is 0.0591. The molecule has 0 bridgehead atoms. The molecule has 3 aromatic rings. The van der Waals surface area contributed by atoms with E-state index < -0.39 is 6.29 Å². The van der Waals surface area contributed by atoms with Crippen LogP contribution in [0, 0.1) is 0 Å². The van der Waals surface area contributed by atoms with Gasteiger partial charge in [-0.3, -0.25) is 0 Å². The van der Waals surface area contributed by atoms with Crippen molar-refractivity contribution in [1.29, 1.82) is 0 Å². The molecular formula is C18H18N4O4. The number of hydrogen-bond acceptors (Lipinski definition) is 8. The average molecular weight is 354 g/mol. The third-order valence-corrected chi connectivity index (χ3v) is 4.18. The number of aliphatic hydroxyl groups excluding tert-OH is 1. The summed E-state index contributed by atoms with van der Waals surface area (Å²) in [6.45, 7) is 0. The summed E-state index contributed by atoms with van der Waals surface area (Å²) in [6.07, 6.45) is 6.41. The number of methoxy groups -OCH3 is 1. The second-order valence-corrected chi connectivity index (χ2v) is 5.92. The first kappa shape index (κ1) is 16.4. The highest BCUT2D eigenvalue weighted by atomic mass is 16.6. The largest absolute Gasteiger partial charge is 0.461 e. The van der Waals surface area contributed by atoms with E-state index in [4.69, 9.17) is 25.4 Å². The van der Waals surface area contributed by atoms with Crippen molar-refractivity contribution >= 4 is 33.6 Å². The van der Waals surface area contributed by atoms with Crippen LogP contribution in [0.5, 0.6) is 5.75 Å². The SMILES string of the molecule is COC(O)c1cc2c(OC3=CC=CCC3)cc3nc(N)nc(N)c3c2o1. The van der Waals surface area contributed by atoms with Gasteiger partial charge in [-0.25, -0.2) is 4.98 Å². The van der Waals surface area contributed by atoms with E-state index in [1.54, 1.807) is 12.1 Å². The fourth-order valence-corrected chi connectivity index (χ4v) is 2.96. The first-order valence-corrected chi connectivity index (χ1v) is 8.10. The lowest BCUT2D eigenvalue weighted by Crippen LogP contribution is -2.02. The van der Waals surface area contributed by atoms with Crippen LogP contribution in [0.25, 0.3) is 21.9 Å². The van der Waals surface area contributed by atoms with Crippen LogP contribution in [0.3, 0.4) is 0 Å². The van der Waals surface area contributed by atoms with Gasteiger partial charge in [-0.15, -0.1) is 0 Å². The van der Waals surface area contributed by atoms with Gasteiger partial charge in [0, 0.05) is 19.6 Å². The van der Waals surface area contributed by atoms with Crippen LogP contribution < -0.4 is 16.2 Å². The zero-order valence-corrected chi connectivity index (χ0v) is 14.1. The van der Waals surface area contributed by atoms with Crippen molar-refractivity contribution < 1.29 is 19.0 Å². The number of aliphatic hydroxyl groups is 1. The molecule has 5 N–H and O–H groups in total. The molecule has 0 saturated carbocycles. The molecule has 4 rings (SSSR count). The lowest BCUT2D eigenvalue weighted by molar-refractivity contribution is -0.0894. The molecule has 1 aromatic carbocycles. The van der Waals surface area contributed by atoms with Crippen molar-refractivity contribution in [3.05, 3.63) is 41.9 Å². The average Bonchev–Trinajstić information content (AvgIpc) is 3.06. The van der Waals surface area contributed by atoms with Crippen molar-refractivity contribution in [3.63, 3.8) is 0 Å². The molecule has 1 aliphatic rings. The molecule has 1 aliphatic carbocycles. The van der Waals surface area contributed by atoms with E-state index in [0.29, 0.717) is 27.6 Å². The standard InChI is InChI=1S/C18H18N4O4/c1-24-17(23)13-7-10-12(25-9-5-3-2-4-6-9)8-11-14(15(10)26-13)16(19)22-18(20)21-11/h2-3,5,7-8,17,23H,4,6H2,1H3,(H4,19,20,21,22). The Kier molecular flexibility index (Phi) is 3.98. The van der Waals surface area contributed by atoms with E-state index in [0.717, 1.165) is 18.6 Å². The van der Waals surface area contributed by atoms with Crippen LogP contribution in [0.2, 0.25) is 0 Å². The van der Waals surface area contributed by atoms with Crippen LogP contribution in [0.15, 0.2) is 40.5 Å². The highest BCUT2D eigenvalue weighted by molar-refractivity contribution is 6.11. The molecule has 134 valence electrons. The smallest absolute Gasteiger partial charge is 0.222 e. The molecular weight excluding hydrogens is 336 g/mol. The van der Waals surface area contributed by atoms with E-state index in [9.17, 15) is 5.11 Å². The van der Waals surface area contributed by atoms with E-state index in [1.807, 2.05) is 12.2 Å². The fourth-order valence-electron chi connectivity index (χ4n) is 2.96. The van der Waals surface area contributed by atoms with Crippen molar-refractivity contribution in [1.82, 2.24) is 9.97 Å². The Labute approximate surface area is 148 Å². The minimum atomic E-state index is -1.21. The highest BCUT2D eigenvalue weighted by Gasteiger charge is 2.21. The fraction of sp³-hybridized carbons (Fsp3) is 0.222. The molecule has 0 fully saturated rings. The van der Waals surface area contributed by atoms with Gasteiger partial charge < -0.3 is 30.5 Å². The molecule has 0 amide bonds. The lowest BCUT2D eigenvalue weighted by atomic mass is 10.1. The van der Waals surface area contributed by atoms with Crippen LogP contribution in [0.4, 0.5) is 11.8 Å². The van der Waals surface area contributed by atoms with Crippen molar-refractivity contribution in [3.8, 4) is 5.75 Å². The number of aromatic nitrogens is 2. The number of nitrogens with zero attached hydrogens (tertiary/aromatic N) is 2. The van der Waals surface area contributed by atoms with Crippen LogP contribution in [-0.2, 0) is 4.74 Å². The molecule has 0 saturated heterocycles. The molecule has 2 aromatic heterocycles. The van der Waals surface area contributed by atoms with Crippen LogP contribution in [-0.4, -0.2) is 22.2 Å². The zero-order chi connectivity index (χ0) is 18.3. The van der Waals surface area contributed by atoms with Crippen molar-refractivity contribution in [2.75, 3.05) is 18.6 Å². The summed E-state index contributed by atoms with van der Waals surface area (Å²) in [4.78, 5) is 8.23. The van der Waals surface area contributed by atoms with E-state index in [2.05, 4.69) is 16.0 Å². The number of hydrogen-bond donors (Lipinski definition) is 3. The van der Waals surface area contributed by atoms with E-state index >= 15 is 0 Å². The second kappa shape index (κ2) is 6.32. The van der Waals surface area contributed by atoms with Gasteiger partial charge in [0.2, 0.25) is 12.2 Å². The van der Waals surface area contributed by atoms with Gasteiger partial charge in [0.1, 0.15) is 17.3 Å². The number of anilines is 2. The van der Waals surface area contributed by atoms with Crippen LogP contribution in [0.1, 0.15) is 24.9 Å². The van der Waals surface area contributed by atoms with E-state index in [1.165, 1.54) is 7.11 Å². The third kappa shape index (κ3) is 2.75. The number of rotatable bonds is 4. The topological polar surface area (TPSA) is 130 Å². The molecule has 8 nitrogen and oxygen atoms in total. The third-order valence-electron chi connectivity index (χ3n) is 4.18. The zero-order valence-electron chi connectivity index (χ0n) is 14.1. The van der Waals surface area contributed by atoms with Gasteiger partial charge in [-0.1, -0.05) is 12.2 Å². The van der Waals surface area contributed by atoms with Gasteiger partial charge in [0.25, 0.3) is 0 Å². The molecule has 0 aliphatic heterocycles. The predicted molar refractivity (Wildman–Crippen MR) is 97.2 cm³/mol. The monoisotopic (exact) mass is 354 g/mol. The lowest BCUT2D eigenvalue weighted by Gasteiger charge is -2.13. The summed E-state index contributed by atoms with van der Waals surface area (Å²) in [5, 5.41) is 11.1. The number of allylic oxidation sites excluding steroid dienone is 4. The Morgan fingerprint density at radius 2 is 2.12 bits per heavy atom. The maximum atomic E-state index is 9.97. The van der Waals surface area contributed by atoms with Gasteiger partial charge >= 0.3 is 0 Å². The highest BCUT2D eigenvalue weighted by Crippen LogP contribution is 2.39. The Morgan fingerprint density at radius 1 is 1.27 bits per heavy atom. The first-order chi connectivity index (χ1) is 12.6. The molecule has 1 unspecified atom stereocenters. The quantitative estimate of drug-likeness (QED) is 0.610. The summed E-state index contributed by atoms with van der Waals surface area (Å²) in [7, 11) is 1.38. The number of furan rings is 1. The minimum Gasteiger partial charge on any atom is -0.461 e. The van der Waals surface area contributed by atoms with E-state index in [-0.39, 0.29) is 17.5 Å². The van der Waals surface area contributed by atoms with Gasteiger partial charge in [0.05, 0.1) is 16.3 Å². The summed E-state index contributed by atoms with van der Waals surface area (Å²) >= 11 is 0. The molecule has 26 heavy (non-hydrogen) atoms. The second-order valence-electron chi connectivity index (χ2n) is 5.92. The first-order valence-electron chi connectivity index (χ1n) is 8.10. The molecule has 0 spiro atoms. The van der Waals surface area contributed by atoms with Gasteiger partial charge in [-0.2, -0.15) is 4.98 Å². The summed E-state index contributed by atoms with van der Waals surface area (Å²) in [5.41, 5.74) is 12.7. The Hall–Kier alpha value is -3.10. The molecule has 8 heteroatoms. The molecule has 0 radical (unpaired) electrons. The maximum absolute atomic E-state index is 9.97. The molecule has 1 atom stereocenters. The number of ether oxygens (including phenoxy) is 2. The number of benzene rings is 1. The Bertz CT molecular complexity index is 1050. The van der Waals surface area contributed by atoms with Gasteiger partial charge in [-0.05, 0) is 18.6 Å².